The standard InChI is InChI=1S/C7H9F3N2S.ClH/c1-6(2,11)5-12-4(3-13-5)7(8,9)10;/h3H,11H2,1-2H3;1H. The first kappa shape index (κ1) is 13.7. The van der Waals surface area contributed by atoms with Gasteiger partial charge >= 0.3 is 6.18 Å². The molecule has 0 aromatic carbocycles. The Morgan fingerprint density at radius 2 is 1.86 bits per heavy atom. The first-order chi connectivity index (χ1) is 5.71. The summed E-state index contributed by atoms with van der Waals surface area (Å²) in [7, 11) is 0. The smallest absolute Gasteiger partial charge is 0.320 e. The minimum Gasteiger partial charge on any atom is -0.320 e. The summed E-state index contributed by atoms with van der Waals surface area (Å²) in [5, 5.41) is 1.27. The number of rotatable bonds is 1. The highest BCUT2D eigenvalue weighted by Gasteiger charge is 2.35. The molecule has 0 fully saturated rings. The van der Waals surface area contributed by atoms with Crippen LogP contribution in [0, 0.1) is 0 Å². The molecule has 0 atom stereocenters. The molecule has 2 N–H and O–H groups in total. The lowest BCUT2D eigenvalue weighted by Crippen LogP contribution is -2.28. The fourth-order valence-corrected chi connectivity index (χ4v) is 1.56. The third-order valence-electron chi connectivity index (χ3n) is 1.35. The summed E-state index contributed by atoms with van der Waals surface area (Å²) < 4.78 is 36.3. The monoisotopic (exact) mass is 246 g/mol. The average molecular weight is 247 g/mol. The topological polar surface area (TPSA) is 38.9 Å². The second-order valence-corrected chi connectivity index (χ2v) is 4.12. The number of halogens is 4. The van der Waals surface area contributed by atoms with Gasteiger partial charge in [0, 0.05) is 5.38 Å². The van der Waals surface area contributed by atoms with Crippen LogP contribution >= 0.6 is 23.7 Å². The van der Waals surface area contributed by atoms with Gasteiger partial charge in [-0.05, 0) is 13.8 Å². The van der Waals surface area contributed by atoms with E-state index in [0.29, 0.717) is 5.01 Å². The van der Waals surface area contributed by atoms with Gasteiger partial charge in [0.15, 0.2) is 5.69 Å². The highest BCUT2D eigenvalue weighted by Crippen LogP contribution is 2.32. The Hall–Kier alpha value is -0.330. The first-order valence-corrected chi connectivity index (χ1v) is 4.41. The quantitative estimate of drug-likeness (QED) is 0.828. The molecular weight excluding hydrogens is 237 g/mol. The average Bonchev–Trinajstić information content (AvgIpc) is 2.28. The van der Waals surface area contributed by atoms with Crippen LogP contribution in [0.4, 0.5) is 13.2 Å². The van der Waals surface area contributed by atoms with Crippen LogP contribution in [-0.4, -0.2) is 4.98 Å². The van der Waals surface area contributed by atoms with Crippen LogP contribution in [0.3, 0.4) is 0 Å². The van der Waals surface area contributed by atoms with Gasteiger partial charge in [-0.1, -0.05) is 0 Å². The van der Waals surface area contributed by atoms with E-state index in [1.165, 1.54) is 0 Å². The van der Waals surface area contributed by atoms with Crippen LogP contribution in [0.25, 0.3) is 0 Å². The Bertz CT molecular complexity index is 274. The summed E-state index contributed by atoms with van der Waals surface area (Å²) in [6, 6.07) is 0. The molecule has 2 nitrogen and oxygen atoms in total. The summed E-state index contributed by atoms with van der Waals surface area (Å²) in [5.74, 6) is 0. The SMILES string of the molecule is CC(C)(N)c1nc(C(F)(F)F)cs1.Cl. The van der Waals surface area contributed by atoms with Crippen molar-refractivity contribution in [3.8, 4) is 0 Å². The zero-order chi connectivity index (χ0) is 10.3. The van der Waals surface area contributed by atoms with Gasteiger partial charge in [0.1, 0.15) is 5.01 Å². The molecular formula is C7H10ClF3N2S. The largest absolute Gasteiger partial charge is 0.434 e. The van der Waals surface area contributed by atoms with Crippen LogP contribution in [0.15, 0.2) is 5.38 Å². The van der Waals surface area contributed by atoms with Crippen molar-refractivity contribution in [3.05, 3.63) is 16.1 Å². The number of nitrogens with zero attached hydrogens (tertiary/aromatic N) is 1. The highest BCUT2D eigenvalue weighted by molar-refractivity contribution is 7.09. The molecule has 0 bridgehead atoms. The van der Waals surface area contributed by atoms with Crippen molar-refractivity contribution in [1.29, 1.82) is 0 Å². The third-order valence-corrected chi connectivity index (χ3v) is 2.53. The highest BCUT2D eigenvalue weighted by atomic mass is 35.5. The zero-order valence-corrected chi connectivity index (χ0v) is 9.19. The molecule has 82 valence electrons. The Morgan fingerprint density at radius 1 is 1.36 bits per heavy atom. The Morgan fingerprint density at radius 3 is 2.07 bits per heavy atom. The predicted molar refractivity (Wildman–Crippen MR) is 51.6 cm³/mol. The molecule has 0 saturated carbocycles. The van der Waals surface area contributed by atoms with Gasteiger partial charge in [-0.15, -0.1) is 23.7 Å². The van der Waals surface area contributed by atoms with Crippen molar-refractivity contribution in [1.82, 2.24) is 4.98 Å². The van der Waals surface area contributed by atoms with Crippen molar-refractivity contribution in [2.75, 3.05) is 0 Å². The fourth-order valence-electron chi connectivity index (χ4n) is 0.700. The third kappa shape index (κ3) is 3.11. The maximum atomic E-state index is 12.1. The van der Waals surface area contributed by atoms with Crippen molar-refractivity contribution in [3.63, 3.8) is 0 Å². The number of thiazole rings is 1. The summed E-state index contributed by atoms with van der Waals surface area (Å²) in [6.45, 7) is 3.23. The fraction of sp³-hybridized carbons (Fsp3) is 0.571. The van der Waals surface area contributed by atoms with E-state index in [1.807, 2.05) is 0 Å². The number of hydrogen-bond donors (Lipinski definition) is 1. The number of aromatic nitrogens is 1. The minimum atomic E-state index is -4.38. The van der Waals surface area contributed by atoms with Gasteiger partial charge in [-0.2, -0.15) is 13.2 Å². The van der Waals surface area contributed by atoms with Gasteiger partial charge in [-0.3, -0.25) is 0 Å². The van der Waals surface area contributed by atoms with Crippen LogP contribution in [0.1, 0.15) is 24.5 Å². The predicted octanol–water partition coefficient (Wildman–Crippen LogP) is 2.78. The molecule has 14 heavy (non-hydrogen) atoms. The van der Waals surface area contributed by atoms with Gasteiger partial charge in [0.2, 0.25) is 0 Å². The summed E-state index contributed by atoms with van der Waals surface area (Å²) in [6.07, 6.45) is -4.38. The van der Waals surface area contributed by atoms with E-state index in [-0.39, 0.29) is 12.4 Å². The summed E-state index contributed by atoms with van der Waals surface area (Å²) in [5.41, 5.74) is 3.91. The van der Waals surface area contributed by atoms with E-state index in [4.69, 9.17) is 5.73 Å². The zero-order valence-electron chi connectivity index (χ0n) is 7.55. The van der Waals surface area contributed by atoms with E-state index in [2.05, 4.69) is 4.98 Å². The van der Waals surface area contributed by atoms with E-state index < -0.39 is 17.4 Å². The molecule has 0 amide bonds. The molecule has 7 heteroatoms. The van der Waals surface area contributed by atoms with Gasteiger partial charge in [0.25, 0.3) is 0 Å². The molecule has 0 aliphatic heterocycles. The van der Waals surface area contributed by atoms with E-state index in [1.54, 1.807) is 13.8 Å². The number of alkyl halides is 3. The van der Waals surface area contributed by atoms with Gasteiger partial charge < -0.3 is 5.73 Å². The lowest BCUT2D eigenvalue weighted by atomic mass is 10.1. The molecule has 1 aromatic heterocycles. The van der Waals surface area contributed by atoms with Crippen LogP contribution < -0.4 is 5.73 Å². The second kappa shape index (κ2) is 4.04. The van der Waals surface area contributed by atoms with E-state index in [0.717, 1.165) is 16.7 Å². The van der Waals surface area contributed by atoms with Crippen molar-refractivity contribution >= 4 is 23.7 Å². The summed E-state index contributed by atoms with van der Waals surface area (Å²) >= 11 is 0.927. The van der Waals surface area contributed by atoms with Gasteiger partial charge in [-0.25, -0.2) is 4.98 Å². The second-order valence-electron chi connectivity index (χ2n) is 3.26. The van der Waals surface area contributed by atoms with Crippen molar-refractivity contribution in [2.45, 2.75) is 25.6 Å². The molecule has 0 unspecified atom stereocenters. The van der Waals surface area contributed by atoms with Gasteiger partial charge in [0.05, 0.1) is 5.54 Å². The molecule has 0 radical (unpaired) electrons. The van der Waals surface area contributed by atoms with Crippen LogP contribution in [0.5, 0.6) is 0 Å². The Balaban J connectivity index is 0.00000169. The normalized spacial score (nSPS) is 12.4. The van der Waals surface area contributed by atoms with Crippen LogP contribution in [-0.2, 0) is 11.7 Å². The first-order valence-electron chi connectivity index (χ1n) is 3.53. The molecule has 0 saturated heterocycles. The molecule has 0 aliphatic rings. The van der Waals surface area contributed by atoms with E-state index >= 15 is 0 Å². The number of nitrogens with two attached hydrogens (primary N) is 1. The van der Waals surface area contributed by atoms with E-state index in [9.17, 15) is 13.2 Å². The maximum Gasteiger partial charge on any atom is 0.434 e. The molecule has 0 spiro atoms. The Kier molecular flexibility index (Phi) is 3.94. The molecule has 1 heterocycles. The summed E-state index contributed by atoms with van der Waals surface area (Å²) in [4.78, 5) is 3.42. The maximum absolute atomic E-state index is 12.1. The lowest BCUT2D eigenvalue weighted by Gasteiger charge is -2.13. The van der Waals surface area contributed by atoms with Crippen molar-refractivity contribution in [2.24, 2.45) is 5.73 Å². The van der Waals surface area contributed by atoms with Crippen LogP contribution in [0.2, 0.25) is 0 Å². The number of hydrogen-bond acceptors (Lipinski definition) is 3. The molecule has 0 aliphatic carbocycles. The van der Waals surface area contributed by atoms with Crippen molar-refractivity contribution < 1.29 is 13.2 Å². The molecule has 1 aromatic rings. The lowest BCUT2D eigenvalue weighted by molar-refractivity contribution is -0.140. The Labute approximate surface area is 89.7 Å². The molecule has 1 rings (SSSR count). The minimum absolute atomic E-state index is 0.